The summed E-state index contributed by atoms with van der Waals surface area (Å²) in [6.07, 6.45) is 3.06. The van der Waals surface area contributed by atoms with Crippen LogP contribution in [0.15, 0.2) is 30.6 Å². The second kappa shape index (κ2) is 7.10. The van der Waals surface area contributed by atoms with Crippen LogP contribution in [-0.2, 0) is 13.6 Å². The number of rotatable bonds is 7. The number of aliphatic hydroxyl groups excluding tert-OH is 1. The van der Waals surface area contributed by atoms with Gasteiger partial charge >= 0.3 is 0 Å². The van der Waals surface area contributed by atoms with E-state index in [4.69, 9.17) is 9.47 Å². The molecule has 0 aliphatic rings. The van der Waals surface area contributed by atoms with Crippen LogP contribution in [0.4, 0.5) is 0 Å². The summed E-state index contributed by atoms with van der Waals surface area (Å²) in [5, 5.41) is 17.6. The van der Waals surface area contributed by atoms with Gasteiger partial charge in [-0.05, 0) is 18.2 Å². The van der Waals surface area contributed by atoms with Crippen LogP contribution in [0, 0.1) is 0 Å². The molecule has 1 aromatic heterocycles. The van der Waals surface area contributed by atoms with Gasteiger partial charge in [0.25, 0.3) is 0 Å². The van der Waals surface area contributed by atoms with Gasteiger partial charge in [-0.15, -0.1) is 0 Å². The van der Waals surface area contributed by atoms with Gasteiger partial charge in [0.1, 0.15) is 11.5 Å². The fraction of sp³-hybridized carbons (Fsp3) is 0.400. The molecule has 0 amide bonds. The lowest BCUT2D eigenvalue weighted by Gasteiger charge is -2.16. The predicted octanol–water partition coefficient (Wildman–Crippen LogP) is 1.26. The number of methoxy groups -OCH3 is 2. The maximum absolute atomic E-state index is 10.3. The Morgan fingerprint density at radius 2 is 2.14 bits per heavy atom. The fourth-order valence-electron chi connectivity index (χ4n) is 2.13. The number of nitrogens with one attached hydrogen (secondary N) is 1. The zero-order valence-corrected chi connectivity index (χ0v) is 12.5. The molecule has 0 spiro atoms. The van der Waals surface area contributed by atoms with Crippen molar-refractivity contribution in [2.75, 3.05) is 20.8 Å². The third-order valence-electron chi connectivity index (χ3n) is 3.22. The van der Waals surface area contributed by atoms with Gasteiger partial charge in [0.05, 0.1) is 26.5 Å². The van der Waals surface area contributed by atoms with Gasteiger partial charge in [-0.3, -0.25) is 4.68 Å². The first kappa shape index (κ1) is 15.3. The third-order valence-corrected chi connectivity index (χ3v) is 3.22. The number of benzene rings is 1. The second-order valence-corrected chi connectivity index (χ2v) is 4.78. The Bertz CT molecular complexity index is 583. The minimum atomic E-state index is -0.674. The molecule has 0 saturated heterocycles. The van der Waals surface area contributed by atoms with Crippen molar-refractivity contribution in [2.24, 2.45) is 7.05 Å². The van der Waals surface area contributed by atoms with Crippen molar-refractivity contribution in [1.29, 1.82) is 0 Å². The number of aromatic nitrogens is 2. The highest BCUT2D eigenvalue weighted by atomic mass is 16.5. The molecule has 0 radical (unpaired) electrons. The predicted molar refractivity (Wildman–Crippen MR) is 79.4 cm³/mol. The molecule has 1 atom stereocenters. The zero-order chi connectivity index (χ0) is 15.2. The van der Waals surface area contributed by atoms with Crippen molar-refractivity contribution >= 4 is 0 Å². The van der Waals surface area contributed by atoms with Gasteiger partial charge in [0, 0.05) is 37.5 Å². The Hall–Kier alpha value is -2.05. The van der Waals surface area contributed by atoms with Crippen LogP contribution in [0.3, 0.4) is 0 Å². The molecule has 0 aliphatic heterocycles. The first-order valence-electron chi connectivity index (χ1n) is 6.72. The summed E-state index contributed by atoms with van der Waals surface area (Å²) in [6.45, 7) is 1.07. The SMILES string of the molecule is COc1ccc(OC)c(C(O)CNCc2cnn(C)c2)c1. The van der Waals surface area contributed by atoms with Crippen molar-refractivity contribution in [3.8, 4) is 11.5 Å². The normalized spacial score (nSPS) is 12.2. The second-order valence-electron chi connectivity index (χ2n) is 4.78. The van der Waals surface area contributed by atoms with Crippen LogP contribution >= 0.6 is 0 Å². The first-order chi connectivity index (χ1) is 10.1. The van der Waals surface area contributed by atoms with Gasteiger partial charge in [0.15, 0.2) is 0 Å². The maximum Gasteiger partial charge on any atom is 0.124 e. The highest BCUT2D eigenvalue weighted by Gasteiger charge is 2.14. The number of aliphatic hydroxyl groups is 1. The van der Waals surface area contributed by atoms with Crippen molar-refractivity contribution in [1.82, 2.24) is 15.1 Å². The fourth-order valence-corrected chi connectivity index (χ4v) is 2.13. The largest absolute Gasteiger partial charge is 0.497 e. The van der Waals surface area contributed by atoms with Gasteiger partial charge in [-0.25, -0.2) is 0 Å². The average Bonchev–Trinajstić information content (AvgIpc) is 2.91. The Morgan fingerprint density at radius 3 is 2.76 bits per heavy atom. The van der Waals surface area contributed by atoms with Crippen LogP contribution < -0.4 is 14.8 Å². The zero-order valence-electron chi connectivity index (χ0n) is 12.5. The lowest BCUT2D eigenvalue weighted by atomic mass is 10.1. The number of aryl methyl sites for hydroxylation is 1. The van der Waals surface area contributed by atoms with E-state index < -0.39 is 6.10 Å². The molecule has 0 fully saturated rings. The van der Waals surface area contributed by atoms with Crippen molar-refractivity contribution < 1.29 is 14.6 Å². The molecule has 6 heteroatoms. The molecule has 114 valence electrons. The van der Waals surface area contributed by atoms with E-state index in [-0.39, 0.29) is 0 Å². The number of hydrogen-bond acceptors (Lipinski definition) is 5. The van der Waals surface area contributed by atoms with Gasteiger partial charge in [-0.1, -0.05) is 0 Å². The summed E-state index contributed by atoms with van der Waals surface area (Å²) in [5.74, 6) is 1.34. The summed E-state index contributed by atoms with van der Waals surface area (Å²) in [5.41, 5.74) is 1.78. The Labute approximate surface area is 124 Å². The lowest BCUT2D eigenvalue weighted by Crippen LogP contribution is -2.21. The Balaban J connectivity index is 1.97. The van der Waals surface area contributed by atoms with Gasteiger partial charge in [-0.2, -0.15) is 5.10 Å². The van der Waals surface area contributed by atoms with E-state index in [0.717, 1.165) is 5.56 Å². The van der Waals surface area contributed by atoms with E-state index in [1.807, 2.05) is 13.2 Å². The standard InChI is InChI=1S/C15H21N3O3/c1-18-10-11(8-17-18)7-16-9-14(19)13-6-12(20-2)4-5-15(13)21-3/h4-6,8,10,14,16,19H,7,9H2,1-3H3. The smallest absolute Gasteiger partial charge is 0.124 e. The molecule has 1 heterocycles. The van der Waals surface area contributed by atoms with E-state index in [1.165, 1.54) is 0 Å². The molecular formula is C15H21N3O3. The van der Waals surface area contributed by atoms with Crippen molar-refractivity contribution in [3.63, 3.8) is 0 Å². The number of nitrogens with zero attached hydrogens (tertiary/aromatic N) is 2. The van der Waals surface area contributed by atoms with Gasteiger partial charge in [0.2, 0.25) is 0 Å². The van der Waals surface area contributed by atoms with E-state index in [0.29, 0.717) is 30.2 Å². The highest BCUT2D eigenvalue weighted by molar-refractivity contribution is 5.41. The number of ether oxygens (including phenoxy) is 2. The molecule has 1 aromatic carbocycles. The Kier molecular flexibility index (Phi) is 5.19. The van der Waals surface area contributed by atoms with Crippen LogP contribution in [0.25, 0.3) is 0 Å². The monoisotopic (exact) mass is 291 g/mol. The average molecular weight is 291 g/mol. The molecule has 6 nitrogen and oxygen atoms in total. The van der Waals surface area contributed by atoms with E-state index in [1.54, 1.807) is 43.3 Å². The van der Waals surface area contributed by atoms with E-state index in [9.17, 15) is 5.11 Å². The minimum Gasteiger partial charge on any atom is -0.497 e. The molecule has 0 aliphatic carbocycles. The summed E-state index contributed by atoms with van der Waals surface area (Å²) < 4.78 is 12.2. The minimum absolute atomic E-state index is 0.415. The highest BCUT2D eigenvalue weighted by Crippen LogP contribution is 2.29. The topological polar surface area (TPSA) is 68.5 Å². The molecule has 21 heavy (non-hydrogen) atoms. The summed E-state index contributed by atoms with van der Waals surface area (Å²) in [6, 6.07) is 5.38. The maximum atomic E-state index is 10.3. The van der Waals surface area contributed by atoms with Crippen LogP contribution in [0.2, 0.25) is 0 Å². The van der Waals surface area contributed by atoms with Crippen LogP contribution in [0.5, 0.6) is 11.5 Å². The molecule has 1 unspecified atom stereocenters. The van der Waals surface area contributed by atoms with Crippen molar-refractivity contribution in [3.05, 3.63) is 41.7 Å². The lowest BCUT2D eigenvalue weighted by molar-refractivity contribution is 0.169. The first-order valence-corrected chi connectivity index (χ1v) is 6.72. The van der Waals surface area contributed by atoms with Gasteiger partial charge < -0.3 is 19.9 Å². The quantitative estimate of drug-likeness (QED) is 0.804. The Morgan fingerprint density at radius 1 is 1.33 bits per heavy atom. The van der Waals surface area contributed by atoms with E-state index >= 15 is 0 Å². The number of hydrogen-bond donors (Lipinski definition) is 2. The summed E-state index contributed by atoms with van der Waals surface area (Å²) >= 11 is 0. The molecule has 0 bridgehead atoms. The van der Waals surface area contributed by atoms with Crippen LogP contribution in [0.1, 0.15) is 17.2 Å². The van der Waals surface area contributed by atoms with Crippen molar-refractivity contribution in [2.45, 2.75) is 12.6 Å². The third kappa shape index (κ3) is 3.96. The molecule has 2 aromatic rings. The summed E-state index contributed by atoms with van der Waals surface area (Å²) in [7, 11) is 5.05. The summed E-state index contributed by atoms with van der Waals surface area (Å²) in [4.78, 5) is 0. The molecule has 0 saturated carbocycles. The van der Waals surface area contributed by atoms with Crippen LogP contribution in [-0.4, -0.2) is 35.7 Å². The molecular weight excluding hydrogens is 270 g/mol. The molecule has 2 rings (SSSR count). The van der Waals surface area contributed by atoms with E-state index in [2.05, 4.69) is 10.4 Å². The molecule has 2 N–H and O–H groups in total.